The van der Waals surface area contributed by atoms with Crippen molar-refractivity contribution in [2.45, 2.75) is 335 Å². The minimum absolute atomic E-state index is 0.0965. The van der Waals surface area contributed by atoms with E-state index in [9.17, 15) is 14.4 Å². The van der Waals surface area contributed by atoms with Gasteiger partial charge in [-0.3, -0.25) is 14.4 Å². The highest BCUT2D eigenvalue weighted by molar-refractivity contribution is 5.71. The Kier molecular flexibility index (Phi) is 65.2. The summed E-state index contributed by atoms with van der Waals surface area (Å²) >= 11 is 0. The first kappa shape index (κ1) is 77.1. The molecule has 0 fully saturated rings. The summed E-state index contributed by atoms with van der Waals surface area (Å²) in [5, 5.41) is 0. The zero-order chi connectivity index (χ0) is 58.5. The zero-order valence-electron chi connectivity index (χ0n) is 53.3. The molecular weight excluding hydrogens is 997 g/mol. The van der Waals surface area contributed by atoms with Gasteiger partial charge in [0.15, 0.2) is 6.10 Å². The second-order valence-electron chi connectivity index (χ2n) is 22.7. The van der Waals surface area contributed by atoms with Crippen LogP contribution in [0, 0.1) is 0 Å². The van der Waals surface area contributed by atoms with Gasteiger partial charge in [0.25, 0.3) is 0 Å². The van der Waals surface area contributed by atoms with Crippen molar-refractivity contribution in [2.75, 3.05) is 13.2 Å². The predicted octanol–water partition coefficient (Wildman–Crippen LogP) is 23.8. The summed E-state index contributed by atoms with van der Waals surface area (Å²) in [7, 11) is 0. The molecule has 0 amide bonds. The van der Waals surface area contributed by atoms with E-state index in [0.29, 0.717) is 19.3 Å². The van der Waals surface area contributed by atoms with Gasteiger partial charge < -0.3 is 14.2 Å². The molecule has 0 spiro atoms. The third-order valence-corrected chi connectivity index (χ3v) is 14.8. The minimum Gasteiger partial charge on any atom is -0.462 e. The highest BCUT2D eigenvalue weighted by atomic mass is 16.6. The van der Waals surface area contributed by atoms with Gasteiger partial charge in [0, 0.05) is 19.3 Å². The van der Waals surface area contributed by atoms with Crippen LogP contribution in [0.1, 0.15) is 329 Å². The van der Waals surface area contributed by atoms with Gasteiger partial charge >= 0.3 is 17.9 Å². The third-order valence-electron chi connectivity index (χ3n) is 14.8. The van der Waals surface area contributed by atoms with Gasteiger partial charge in [0.05, 0.1) is 0 Å². The molecule has 464 valence electrons. The summed E-state index contributed by atoms with van der Waals surface area (Å²) in [5.41, 5.74) is 0. The van der Waals surface area contributed by atoms with E-state index in [0.717, 1.165) is 103 Å². The lowest BCUT2D eigenvalue weighted by Gasteiger charge is -2.18. The molecule has 0 aromatic heterocycles. The quantitative estimate of drug-likeness (QED) is 0.0261. The maximum absolute atomic E-state index is 13.0. The van der Waals surface area contributed by atoms with Gasteiger partial charge in [-0.15, -0.1) is 0 Å². The fraction of sp³-hybridized carbons (Fsp3) is 0.720. The van der Waals surface area contributed by atoms with Crippen LogP contribution in [0.3, 0.4) is 0 Å². The van der Waals surface area contributed by atoms with E-state index in [1.807, 2.05) is 0 Å². The highest BCUT2D eigenvalue weighted by Gasteiger charge is 2.19. The Morgan fingerprint density at radius 3 is 0.802 bits per heavy atom. The van der Waals surface area contributed by atoms with Gasteiger partial charge in [-0.1, -0.05) is 323 Å². The molecule has 6 nitrogen and oxygen atoms in total. The molecule has 0 N–H and O–H groups in total. The molecule has 6 heteroatoms. The summed E-state index contributed by atoms with van der Waals surface area (Å²) in [6.07, 6.45) is 94.0. The molecule has 1 unspecified atom stereocenters. The van der Waals surface area contributed by atoms with Crippen molar-refractivity contribution >= 4 is 17.9 Å². The maximum atomic E-state index is 13.0. The number of unbranched alkanes of at least 4 members (excludes halogenated alkanes) is 33. The Hall–Kier alpha value is -3.93. The van der Waals surface area contributed by atoms with Crippen molar-refractivity contribution in [2.24, 2.45) is 0 Å². The summed E-state index contributed by atoms with van der Waals surface area (Å²) in [4.78, 5) is 38.4. The van der Waals surface area contributed by atoms with E-state index in [1.54, 1.807) is 0 Å². The summed E-state index contributed by atoms with van der Waals surface area (Å²) in [5.74, 6) is -0.947. The molecule has 0 aromatic rings. The first-order valence-corrected chi connectivity index (χ1v) is 34.4. The fourth-order valence-corrected chi connectivity index (χ4v) is 9.71. The van der Waals surface area contributed by atoms with Crippen molar-refractivity contribution in [3.63, 3.8) is 0 Å². The molecule has 0 aliphatic heterocycles. The number of ether oxygens (including phenoxy) is 3. The number of carbonyl (C=O) groups excluding carboxylic acids is 3. The molecule has 0 saturated carbocycles. The van der Waals surface area contributed by atoms with Crippen LogP contribution in [0.4, 0.5) is 0 Å². The lowest BCUT2D eigenvalue weighted by molar-refractivity contribution is -0.167. The SMILES string of the molecule is CC/C=C\C/C=C\C/C=C\C/C=C\C/C=C\CCCC(=O)OCC(COC(=O)CCCCCCCCCCCC/C=C\C/C=C\C/C=C\C/C=C\CC)OC(=O)CCCCCCCCCCCCCCCCCCCCCCCCC. The van der Waals surface area contributed by atoms with Crippen LogP contribution in [0.25, 0.3) is 0 Å². The Labute approximate surface area is 501 Å². The predicted molar refractivity (Wildman–Crippen MR) is 353 cm³/mol. The second kappa shape index (κ2) is 68.6. The van der Waals surface area contributed by atoms with Crippen LogP contribution in [-0.2, 0) is 28.6 Å². The van der Waals surface area contributed by atoms with E-state index in [1.165, 1.54) is 180 Å². The Bertz CT molecular complexity index is 1620. The molecule has 0 aromatic carbocycles. The van der Waals surface area contributed by atoms with Gasteiger partial charge in [-0.25, -0.2) is 0 Å². The Morgan fingerprint density at radius 2 is 0.494 bits per heavy atom. The molecule has 81 heavy (non-hydrogen) atoms. The summed E-state index contributed by atoms with van der Waals surface area (Å²) < 4.78 is 16.9. The molecule has 0 radical (unpaired) electrons. The number of rotatable bonds is 62. The van der Waals surface area contributed by atoms with Gasteiger partial charge in [-0.2, -0.15) is 0 Å². The smallest absolute Gasteiger partial charge is 0.306 e. The van der Waals surface area contributed by atoms with E-state index in [4.69, 9.17) is 14.2 Å². The summed E-state index contributed by atoms with van der Waals surface area (Å²) in [6, 6.07) is 0. The number of allylic oxidation sites excluding steroid dienone is 18. The number of carbonyl (C=O) groups is 3. The van der Waals surface area contributed by atoms with Crippen LogP contribution in [0.15, 0.2) is 109 Å². The highest BCUT2D eigenvalue weighted by Crippen LogP contribution is 2.17. The van der Waals surface area contributed by atoms with E-state index < -0.39 is 6.10 Å². The maximum Gasteiger partial charge on any atom is 0.306 e. The van der Waals surface area contributed by atoms with E-state index in [-0.39, 0.29) is 37.5 Å². The molecule has 0 saturated heterocycles. The van der Waals surface area contributed by atoms with E-state index in [2.05, 4.69) is 130 Å². The van der Waals surface area contributed by atoms with Crippen molar-refractivity contribution < 1.29 is 28.6 Å². The number of hydrogen-bond acceptors (Lipinski definition) is 6. The van der Waals surface area contributed by atoms with Crippen LogP contribution in [0.5, 0.6) is 0 Å². The van der Waals surface area contributed by atoms with Crippen molar-refractivity contribution in [3.8, 4) is 0 Å². The van der Waals surface area contributed by atoms with Crippen LogP contribution < -0.4 is 0 Å². The van der Waals surface area contributed by atoms with Crippen molar-refractivity contribution in [3.05, 3.63) is 109 Å². The van der Waals surface area contributed by atoms with Gasteiger partial charge in [0.1, 0.15) is 13.2 Å². The number of hydrogen-bond donors (Lipinski definition) is 0. The minimum atomic E-state index is -0.805. The standard InChI is InChI=1S/C75H128O6/c1-4-7-10-13-16-19-22-25-28-31-33-35-37-39-41-44-47-50-53-56-59-62-65-68-74(77)80-71-72(70-79-73(76)67-64-61-58-55-52-49-46-43-30-27-24-21-18-15-12-9-6-3)81-75(78)69-66-63-60-57-54-51-48-45-42-40-38-36-34-32-29-26-23-20-17-14-11-8-5-2/h7,9-10,12,16,18-19,21,25,27-28,30,33,35,46,49,55,58,72H,4-6,8,11,13-15,17,20,22-24,26,29,31-32,34,36-45,47-48,50-54,56-57,59-71H2,1-3H3/b10-7-,12-9-,19-16-,21-18-,28-25-,30-27-,35-33-,49-46-,58-55-. The van der Waals surface area contributed by atoms with Crippen molar-refractivity contribution in [1.82, 2.24) is 0 Å². The zero-order valence-corrected chi connectivity index (χ0v) is 53.3. The van der Waals surface area contributed by atoms with Crippen LogP contribution in [0.2, 0.25) is 0 Å². The van der Waals surface area contributed by atoms with E-state index >= 15 is 0 Å². The molecular formula is C75H128O6. The summed E-state index contributed by atoms with van der Waals surface area (Å²) in [6.45, 7) is 6.41. The lowest BCUT2D eigenvalue weighted by Crippen LogP contribution is -2.30. The molecule has 0 aliphatic carbocycles. The van der Waals surface area contributed by atoms with Gasteiger partial charge in [0.2, 0.25) is 0 Å². The fourth-order valence-electron chi connectivity index (χ4n) is 9.71. The molecule has 0 bridgehead atoms. The monoisotopic (exact) mass is 1120 g/mol. The molecule has 0 aliphatic rings. The Morgan fingerprint density at radius 1 is 0.259 bits per heavy atom. The lowest BCUT2D eigenvalue weighted by atomic mass is 10.0. The first-order valence-electron chi connectivity index (χ1n) is 34.4. The average molecular weight is 1130 g/mol. The van der Waals surface area contributed by atoms with Crippen molar-refractivity contribution in [1.29, 1.82) is 0 Å². The molecule has 0 rings (SSSR count). The Balaban J connectivity index is 4.40. The van der Waals surface area contributed by atoms with Crippen LogP contribution in [-0.4, -0.2) is 37.2 Å². The largest absolute Gasteiger partial charge is 0.462 e. The normalized spacial score (nSPS) is 12.8. The number of esters is 3. The second-order valence-corrected chi connectivity index (χ2v) is 22.7. The topological polar surface area (TPSA) is 78.9 Å². The molecule has 0 heterocycles. The third kappa shape index (κ3) is 66.8. The van der Waals surface area contributed by atoms with Crippen LogP contribution >= 0.6 is 0 Å². The first-order chi connectivity index (χ1) is 40.0. The molecule has 1 atom stereocenters. The average Bonchev–Trinajstić information content (AvgIpc) is 3.47. The van der Waals surface area contributed by atoms with Gasteiger partial charge in [-0.05, 0) is 96.3 Å².